The number of hydrogen-bond donors (Lipinski definition) is 7. The third-order valence-corrected chi connectivity index (χ3v) is 8.18. The predicted molar refractivity (Wildman–Crippen MR) is 156 cm³/mol. The number of allylic oxidation sites excluding steroid dienone is 4. The number of hydrogen-bond acceptors (Lipinski definition) is 10. The number of Topliss-reactive ketones (excluding diaryl/α,β-unsaturated/α-hetero) is 2. The van der Waals surface area contributed by atoms with Crippen LogP contribution < -0.4 is 16.0 Å². The summed E-state index contributed by atoms with van der Waals surface area (Å²) in [5, 5.41) is 50.2. The Morgan fingerprint density at radius 3 is 2.15 bits per heavy atom. The van der Waals surface area contributed by atoms with Gasteiger partial charge in [0.15, 0.2) is 22.9 Å². The number of likely N-dealkylation sites (N-methyl/N-ethyl adjacent to an activating group) is 1. The largest absolute Gasteiger partial charge is 0.392 e. The molecule has 0 amide bonds. The molecule has 1 heterocycles. The van der Waals surface area contributed by atoms with E-state index in [1.165, 1.54) is 0 Å². The van der Waals surface area contributed by atoms with Gasteiger partial charge in [0.05, 0.1) is 37.7 Å². The Kier molecular flexibility index (Phi) is 6.60. The summed E-state index contributed by atoms with van der Waals surface area (Å²) in [6, 6.07) is 16.3. The Bertz CT molecular complexity index is 1640. The minimum Gasteiger partial charge on any atom is -0.392 e. The zero-order valence-corrected chi connectivity index (χ0v) is 22.3. The van der Waals surface area contributed by atoms with Crippen LogP contribution in [-0.4, -0.2) is 82.5 Å². The number of carbonyl (C=O) groups excluding carboxylic acids is 2. The molecule has 0 aromatic heterocycles. The second kappa shape index (κ2) is 10.0. The number of nitrogens with one attached hydrogen (secondary N) is 3. The van der Waals surface area contributed by atoms with E-state index in [9.17, 15) is 30.0 Å². The molecule has 3 aromatic rings. The molecule has 1 aliphatic heterocycles. The predicted octanol–water partition coefficient (Wildman–Crippen LogP) is 1.31. The molecule has 10 heteroatoms. The molecule has 210 valence electrons. The van der Waals surface area contributed by atoms with Crippen molar-refractivity contribution in [2.75, 3.05) is 44.1 Å². The molecule has 0 spiro atoms. The highest BCUT2D eigenvalue weighted by Gasteiger charge is 2.48. The quantitative estimate of drug-likeness (QED) is 0.130. The summed E-state index contributed by atoms with van der Waals surface area (Å²) in [4.78, 5) is 32.0. The van der Waals surface area contributed by atoms with Crippen molar-refractivity contribution in [3.05, 3.63) is 89.0 Å². The lowest BCUT2D eigenvalue weighted by molar-refractivity contribution is -0.133. The molecule has 0 radical (unpaired) electrons. The van der Waals surface area contributed by atoms with E-state index >= 15 is 0 Å². The summed E-state index contributed by atoms with van der Waals surface area (Å²) < 4.78 is 0. The standard InChI is InChI=1S/C31H30N4O6/c1-32-30(13-36,14-37)33-22-11-9-20(17-5-2-3-6-18(17)22)26-28(40)27(29(26)41)21-10-12-24-25-19(21)7-4-8-23(25)34-31(15-38,16-39)35-24/h2-12,27,32,34-39H,13-16H2,1H3. The molecule has 0 atom stereocenters. The summed E-state index contributed by atoms with van der Waals surface area (Å²) in [7, 11) is 1.60. The van der Waals surface area contributed by atoms with E-state index < -0.39 is 30.5 Å². The smallest absolute Gasteiger partial charge is 0.182 e. The van der Waals surface area contributed by atoms with Crippen molar-refractivity contribution in [1.29, 1.82) is 0 Å². The fraction of sp³-hybridized carbons (Fsp3) is 0.258. The lowest BCUT2D eigenvalue weighted by atomic mass is 9.68. The maximum absolute atomic E-state index is 13.7. The fourth-order valence-corrected chi connectivity index (χ4v) is 5.81. The monoisotopic (exact) mass is 554 g/mol. The molecule has 3 aromatic carbocycles. The topological polar surface area (TPSA) is 164 Å². The first-order valence-corrected chi connectivity index (χ1v) is 13.3. The highest BCUT2D eigenvalue weighted by atomic mass is 16.3. The average molecular weight is 555 g/mol. The van der Waals surface area contributed by atoms with Gasteiger partial charge in [0.1, 0.15) is 5.92 Å². The highest BCUT2D eigenvalue weighted by molar-refractivity contribution is 6.46. The van der Waals surface area contributed by atoms with Gasteiger partial charge in [-0.3, -0.25) is 19.9 Å². The van der Waals surface area contributed by atoms with Gasteiger partial charge in [0.2, 0.25) is 0 Å². The van der Waals surface area contributed by atoms with E-state index in [0.717, 1.165) is 10.8 Å². The Morgan fingerprint density at radius 2 is 1.51 bits per heavy atom. The normalized spacial score (nSPS) is 20.1. The summed E-state index contributed by atoms with van der Waals surface area (Å²) in [6.07, 6.45) is 3.37. The van der Waals surface area contributed by atoms with E-state index in [-0.39, 0.29) is 30.4 Å². The number of fused-ring (bicyclic) bond motifs is 1. The van der Waals surface area contributed by atoms with Gasteiger partial charge in [0, 0.05) is 22.3 Å². The molecule has 1 saturated carbocycles. The molecule has 0 saturated heterocycles. The second-order valence-corrected chi connectivity index (χ2v) is 10.5. The highest BCUT2D eigenvalue weighted by Crippen LogP contribution is 2.46. The van der Waals surface area contributed by atoms with Crippen LogP contribution in [-0.2, 0) is 9.59 Å². The molecule has 41 heavy (non-hydrogen) atoms. The summed E-state index contributed by atoms with van der Waals surface area (Å²) in [6.45, 7) is -1.55. The van der Waals surface area contributed by atoms with Crippen molar-refractivity contribution < 1.29 is 30.0 Å². The number of carbonyl (C=O) groups is 2. The first-order valence-electron chi connectivity index (χ1n) is 13.3. The third-order valence-electron chi connectivity index (χ3n) is 8.18. The molecule has 1 fully saturated rings. The third kappa shape index (κ3) is 4.03. The molecule has 0 unspecified atom stereocenters. The fourth-order valence-electron chi connectivity index (χ4n) is 5.81. The Morgan fingerprint density at radius 1 is 0.854 bits per heavy atom. The van der Waals surface area contributed by atoms with Crippen molar-refractivity contribution in [3.63, 3.8) is 0 Å². The van der Waals surface area contributed by atoms with Crippen LogP contribution in [0.4, 0.5) is 11.4 Å². The van der Waals surface area contributed by atoms with Crippen LogP contribution >= 0.6 is 0 Å². The maximum atomic E-state index is 13.7. The van der Waals surface area contributed by atoms with Crippen LogP contribution in [0.25, 0.3) is 16.3 Å². The Balaban J connectivity index is 1.41. The number of aliphatic hydroxyl groups excluding tert-OH is 4. The number of benzene rings is 3. The first kappa shape index (κ1) is 27.0. The van der Waals surface area contributed by atoms with Crippen molar-refractivity contribution >= 4 is 45.0 Å². The van der Waals surface area contributed by atoms with Gasteiger partial charge in [-0.2, -0.15) is 0 Å². The lowest BCUT2D eigenvalue weighted by Crippen LogP contribution is -2.54. The lowest BCUT2D eigenvalue weighted by Gasteiger charge is -2.39. The van der Waals surface area contributed by atoms with E-state index in [4.69, 9.17) is 0 Å². The summed E-state index contributed by atoms with van der Waals surface area (Å²) in [5.74, 6) is -1.52. The minimum atomic E-state index is -1.28. The maximum Gasteiger partial charge on any atom is 0.182 e. The zero-order valence-electron chi connectivity index (χ0n) is 22.3. The van der Waals surface area contributed by atoms with Gasteiger partial charge < -0.3 is 31.1 Å². The van der Waals surface area contributed by atoms with Crippen molar-refractivity contribution in [2.45, 2.75) is 17.2 Å². The second-order valence-electron chi connectivity index (χ2n) is 10.5. The van der Waals surface area contributed by atoms with E-state index in [2.05, 4.69) is 20.9 Å². The number of nitrogens with zero attached hydrogens (tertiary/aromatic N) is 1. The van der Waals surface area contributed by atoms with E-state index in [1.54, 1.807) is 37.4 Å². The number of aliphatic imine (C=N–C) groups is 1. The Hall–Kier alpha value is -4.19. The molecule has 0 bridgehead atoms. The summed E-state index contributed by atoms with van der Waals surface area (Å²) in [5.41, 5.74) is 2.02. The molecular formula is C31H30N4O6. The minimum absolute atomic E-state index is 0.123. The number of aliphatic hydroxyl groups is 4. The number of ketones is 2. The van der Waals surface area contributed by atoms with Gasteiger partial charge in [-0.05, 0) is 47.3 Å². The Labute approximate surface area is 235 Å². The van der Waals surface area contributed by atoms with Crippen LogP contribution in [0.15, 0.2) is 77.3 Å². The zero-order chi connectivity index (χ0) is 28.9. The van der Waals surface area contributed by atoms with Gasteiger partial charge >= 0.3 is 0 Å². The van der Waals surface area contributed by atoms with E-state index in [0.29, 0.717) is 39.3 Å². The molecule has 6 rings (SSSR count). The van der Waals surface area contributed by atoms with Gasteiger partial charge in [0.25, 0.3) is 0 Å². The van der Waals surface area contributed by atoms with Crippen molar-refractivity contribution in [3.8, 4) is 0 Å². The molecule has 7 N–H and O–H groups in total. The molecule has 2 aliphatic carbocycles. The van der Waals surface area contributed by atoms with Gasteiger partial charge in [-0.15, -0.1) is 0 Å². The van der Waals surface area contributed by atoms with Gasteiger partial charge in [-0.1, -0.05) is 48.5 Å². The summed E-state index contributed by atoms with van der Waals surface area (Å²) >= 11 is 0. The first-order chi connectivity index (χ1) is 19.8. The molecular weight excluding hydrogens is 524 g/mol. The van der Waals surface area contributed by atoms with Crippen molar-refractivity contribution in [2.24, 2.45) is 4.99 Å². The van der Waals surface area contributed by atoms with Crippen LogP contribution in [0, 0.1) is 0 Å². The number of anilines is 2. The van der Waals surface area contributed by atoms with Crippen LogP contribution in [0.2, 0.25) is 0 Å². The van der Waals surface area contributed by atoms with E-state index in [1.807, 2.05) is 36.4 Å². The number of rotatable bonds is 7. The van der Waals surface area contributed by atoms with Crippen LogP contribution in [0.3, 0.4) is 0 Å². The van der Waals surface area contributed by atoms with Crippen molar-refractivity contribution in [1.82, 2.24) is 5.32 Å². The molecule has 3 aliphatic rings. The van der Waals surface area contributed by atoms with Gasteiger partial charge in [-0.25, -0.2) is 0 Å². The SMILES string of the molecule is CNC(CO)(CO)N=C1C=CC(=C2C(=O)C(c3ccc4c5c(cccc35)NC(CO)(CO)N4)C2=O)c2ccccc21. The van der Waals surface area contributed by atoms with Crippen LogP contribution in [0.1, 0.15) is 22.6 Å². The molecule has 10 nitrogen and oxygen atoms in total. The average Bonchev–Trinajstić information content (AvgIpc) is 3.02. The van der Waals surface area contributed by atoms with Crippen LogP contribution in [0.5, 0.6) is 0 Å².